The lowest BCUT2D eigenvalue weighted by atomic mass is 10.0. The minimum Gasteiger partial charge on any atom is -0.322 e. The Bertz CT molecular complexity index is 6580. The van der Waals surface area contributed by atoms with Crippen LogP contribution in [0.15, 0.2) is 255 Å². The maximum atomic E-state index is 13.4. The average molecular weight is 1940 g/mol. The van der Waals surface area contributed by atoms with Crippen LogP contribution in [-0.2, 0) is 40.8 Å². The molecule has 0 bridgehead atoms. The van der Waals surface area contributed by atoms with E-state index in [2.05, 4.69) is 61.1 Å². The molecule has 0 radical (unpaired) electrons. The summed E-state index contributed by atoms with van der Waals surface area (Å²) in [5, 5.41) is 22.8. The van der Waals surface area contributed by atoms with E-state index in [9.17, 15) is 71.6 Å². The molecule has 1 aromatic heterocycles. The van der Waals surface area contributed by atoms with Crippen LogP contribution in [0.2, 0.25) is 25.1 Å². The molecular formula is C89H80Cl5FN16O15S4. The van der Waals surface area contributed by atoms with Gasteiger partial charge in [-0.05, 0) is 250 Å². The van der Waals surface area contributed by atoms with Crippen LogP contribution in [0.4, 0.5) is 67.0 Å². The molecule has 0 aliphatic carbocycles. The highest BCUT2D eigenvalue weighted by atomic mass is 35.5. The number of fused-ring (bicyclic) bond motifs is 1. The lowest BCUT2D eigenvalue weighted by Gasteiger charge is -2.28. The van der Waals surface area contributed by atoms with Crippen LogP contribution < -0.4 is 73.3 Å². The topological polar surface area (TPSA) is 414 Å². The van der Waals surface area contributed by atoms with Crippen molar-refractivity contribution in [3.8, 4) is 0 Å². The fraction of sp³-hybridized carbons (Fsp3) is 0.146. The first kappa shape index (κ1) is 94.9. The molecule has 0 spiro atoms. The van der Waals surface area contributed by atoms with E-state index in [-0.39, 0.29) is 28.1 Å². The number of carbonyl (C=O) groups is 7. The van der Waals surface area contributed by atoms with Gasteiger partial charge < -0.3 is 37.2 Å². The molecule has 31 nitrogen and oxygen atoms in total. The van der Waals surface area contributed by atoms with Gasteiger partial charge in [-0.15, -0.1) is 0 Å². The summed E-state index contributed by atoms with van der Waals surface area (Å²) in [4.78, 5) is 92.1. The Kier molecular flexibility index (Phi) is 30.9. The van der Waals surface area contributed by atoms with Crippen LogP contribution in [0, 0.1) is 12.7 Å². The van der Waals surface area contributed by atoms with Gasteiger partial charge in [0, 0.05) is 142 Å². The maximum absolute atomic E-state index is 13.4. The van der Waals surface area contributed by atoms with Crippen molar-refractivity contribution >= 4 is 214 Å². The quantitative estimate of drug-likeness (QED) is 0.0380. The van der Waals surface area contributed by atoms with Crippen molar-refractivity contribution in [3.63, 3.8) is 0 Å². The highest BCUT2D eigenvalue weighted by molar-refractivity contribution is 7.91. The van der Waals surface area contributed by atoms with E-state index in [0.29, 0.717) is 182 Å². The van der Waals surface area contributed by atoms with Gasteiger partial charge in [0.1, 0.15) is 5.82 Å². The molecule has 7 amide bonds. The molecule has 5 heterocycles. The third-order valence-corrected chi connectivity index (χ3v) is 27.8. The molecule has 4 aliphatic heterocycles. The number of aromatic nitrogens is 1. The van der Waals surface area contributed by atoms with Crippen molar-refractivity contribution in [3.05, 3.63) is 330 Å². The fourth-order valence-electron chi connectivity index (χ4n) is 13.6. The number of halogens is 6. The molecule has 0 unspecified atom stereocenters. The van der Waals surface area contributed by atoms with Crippen LogP contribution >= 0.6 is 58.0 Å². The number of hydrogen-bond donors (Lipinski definition) is 11. The lowest BCUT2D eigenvalue weighted by Crippen LogP contribution is -2.47. The number of benzene rings is 11. The summed E-state index contributed by atoms with van der Waals surface area (Å²) in [6, 6.07) is 63.6. The van der Waals surface area contributed by atoms with Gasteiger partial charge in [-0.1, -0.05) is 88.3 Å². The number of nitrogens with one attached hydrogen (secondary N) is 11. The van der Waals surface area contributed by atoms with Crippen LogP contribution in [0.5, 0.6) is 0 Å². The number of carbonyl (C=O) groups excluding carboxylic acids is 7. The molecule has 11 N–H and O–H groups in total. The molecule has 16 rings (SSSR count). The monoisotopic (exact) mass is 1930 g/mol. The zero-order valence-electron chi connectivity index (χ0n) is 68.5. The second-order valence-electron chi connectivity index (χ2n) is 29.1. The number of rotatable bonds is 18. The second kappa shape index (κ2) is 42.3. The third-order valence-electron chi connectivity index (χ3n) is 20.1. The SMILES string of the molecule is Cc1cccc2c(NC(=O)c3ccc(N4CCCNS4(=O)=O)cc3)ccc(Cl)c12.O=C(Nc1ccc(Cl)c(NC(=O)c2cccc(Cl)c2)c1)c1ccc(N2CCCNS2(=O)=O)cc1.O=C(Nc1ccc(Cl)c(NC(=O)c2cccc(F)c2)c1)c1ccc(N2CCCNS2(=O)=O)cc1.O=C(Nc1ccc(Cl)c(NC(=O)c2cccnc2)c1)c1ccc(N2CCCNS2(=O)=O)cc1. The Morgan fingerprint density at radius 2 is 0.638 bits per heavy atom. The van der Waals surface area contributed by atoms with E-state index < -0.39 is 76.2 Å². The predicted molar refractivity (Wildman–Crippen MR) is 507 cm³/mol. The normalized spacial score (nSPS) is 15.2. The second-order valence-corrected chi connectivity index (χ2v) is 37.9. The average Bonchev–Trinajstić information content (AvgIpc) is 0.524. The summed E-state index contributed by atoms with van der Waals surface area (Å²) in [7, 11) is -14.2. The minimum atomic E-state index is -3.58. The molecule has 11 aromatic carbocycles. The number of anilines is 11. The third kappa shape index (κ3) is 24.3. The van der Waals surface area contributed by atoms with Gasteiger partial charge in [-0.25, -0.2) is 4.39 Å². The van der Waals surface area contributed by atoms with E-state index in [1.165, 1.54) is 71.9 Å². The highest BCUT2D eigenvalue weighted by Gasteiger charge is 2.31. The van der Waals surface area contributed by atoms with Crippen LogP contribution in [0.3, 0.4) is 0 Å². The molecule has 0 atom stereocenters. The molecule has 4 fully saturated rings. The summed E-state index contributed by atoms with van der Waals surface area (Å²) in [5.41, 5.74) is 8.04. The number of amides is 7. The zero-order chi connectivity index (χ0) is 92.6. The molecule has 672 valence electrons. The van der Waals surface area contributed by atoms with E-state index in [4.69, 9.17) is 58.0 Å². The largest absolute Gasteiger partial charge is 0.322 e. The number of pyridine rings is 1. The maximum Gasteiger partial charge on any atom is 0.301 e. The number of nitrogens with zero attached hydrogens (tertiary/aromatic N) is 5. The first-order valence-electron chi connectivity index (χ1n) is 39.8. The Morgan fingerprint density at radius 1 is 0.323 bits per heavy atom. The summed E-state index contributed by atoms with van der Waals surface area (Å²) in [5.74, 6) is -3.38. The van der Waals surface area contributed by atoms with Gasteiger partial charge in [-0.3, -0.25) is 55.8 Å². The molecule has 4 saturated heterocycles. The highest BCUT2D eigenvalue weighted by Crippen LogP contribution is 2.36. The van der Waals surface area contributed by atoms with Gasteiger partial charge in [0.2, 0.25) is 0 Å². The van der Waals surface area contributed by atoms with Gasteiger partial charge >= 0.3 is 40.8 Å². The van der Waals surface area contributed by atoms with E-state index in [1.807, 2.05) is 25.1 Å². The Labute approximate surface area is 773 Å². The first-order valence-corrected chi connectivity index (χ1v) is 47.5. The number of aryl methyl sites for hydroxylation is 1. The summed E-state index contributed by atoms with van der Waals surface area (Å²) >= 11 is 30.8. The predicted octanol–water partition coefficient (Wildman–Crippen LogP) is 16.0. The summed E-state index contributed by atoms with van der Waals surface area (Å²) < 4.78 is 126. The zero-order valence-corrected chi connectivity index (χ0v) is 75.5. The van der Waals surface area contributed by atoms with Crippen molar-refractivity contribution in [1.29, 1.82) is 0 Å². The van der Waals surface area contributed by atoms with Crippen molar-refractivity contribution in [2.75, 3.05) is 107 Å². The van der Waals surface area contributed by atoms with Crippen molar-refractivity contribution < 1.29 is 71.6 Å². The summed E-state index contributed by atoms with van der Waals surface area (Å²) in [6.07, 6.45) is 5.78. The Hall–Kier alpha value is -12.7. The van der Waals surface area contributed by atoms with E-state index in [0.717, 1.165) is 28.8 Å². The molecular weight excluding hydrogens is 1860 g/mol. The van der Waals surface area contributed by atoms with Crippen LogP contribution in [0.1, 0.15) is 104 Å². The van der Waals surface area contributed by atoms with Crippen LogP contribution in [-0.4, -0.2) is 132 Å². The number of hydrogen-bond acceptors (Lipinski definition) is 16. The molecule has 12 aromatic rings. The van der Waals surface area contributed by atoms with Crippen molar-refractivity contribution in [1.82, 2.24) is 23.9 Å². The first-order chi connectivity index (χ1) is 62.1. The van der Waals surface area contributed by atoms with Gasteiger partial charge in [0.05, 0.1) is 60.4 Å². The summed E-state index contributed by atoms with van der Waals surface area (Å²) in [6.45, 7) is 5.13. The smallest absolute Gasteiger partial charge is 0.301 e. The fourth-order valence-corrected chi connectivity index (χ4v) is 19.9. The van der Waals surface area contributed by atoms with Gasteiger partial charge in [0.15, 0.2) is 0 Å². The van der Waals surface area contributed by atoms with Crippen LogP contribution in [0.25, 0.3) is 10.8 Å². The van der Waals surface area contributed by atoms with E-state index >= 15 is 0 Å². The van der Waals surface area contributed by atoms with E-state index in [1.54, 1.807) is 176 Å². The molecule has 130 heavy (non-hydrogen) atoms. The minimum absolute atomic E-state index is 0.122. The lowest BCUT2D eigenvalue weighted by molar-refractivity contribution is 0.101. The molecule has 4 aliphatic rings. The van der Waals surface area contributed by atoms with Gasteiger partial charge in [-0.2, -0.15) is 52.6 Å². The molecule has 0 saturated carbocycles. The standard InChI is InChI=1S/C23H20Cl2N4O4S.C23H20ClFN4O4S.C22H20ClN5O4S.C21H20ClN3O3S/c24-17-4-1-3-16(13-17)23(31)28-21-14-18(7-10-20(21)25)27-22(30)15-5-8-19(9-6-15)29-12-2-11-26-34(29,32)33;24-20-10-7-18(14-21(20)28-23(31)16-3-1-4-17(25)13-16)27-22(30)15-5-8-19(9-6-15)29-12-2-11-26-34(29,32)33;23-19-9-6-17(13-20(19)27-22(30)16-3-1-10-24-14-16)26-21(29)15-4-7-18(8-5-15)28-12-2-11-25-33(28,31)32;1-14-4-2-5-17-19(11-10-18(22)20(14)17)24-21(26)15-6-8-16(9-7-15)25-13-3-12-23-29(25,27)28/h2*1,3-10,13-14,26H,2,11-12H2,(H,27,30)(H,28,31);1,3-10,13-14,25H,2,11-12H2,(H,26,29)(H,27,30);2,4-11,23H,3,12-13H2,1H3,(H,24,26). The Balaban J connectivity index is 0.000000148. The Morgan fingerprint density at radius 3 is 0.985 bits per heavy atom. The van der Waals surface area contributed by atoms with Crippen molar-refractivity contribution in [2.24, 2.45) is 0 Å². The van der Waals surface area contributed by atoms with Gasteiger partial charge in [0.25, 0.3) is 41.4 Å². The molecule has 41 heteroatoms. The van der Waals surface area contributed by atoms with Crippen molar-refractivity contribution in [2.45, 2.75) is 32.6 Å².